The molecule has 8 amide bonds. The lowest BCUT2D eigenvalue weighted by atomic mass is 10.2. The number of nitrogens with zero attached hydrogens (tertiary/aromatic N) is 8. The third-order valence-electron chi connectivity index (χ3n) is 11.0. The normalized spacial score (nSPS) is 21.7. The van der Waals surface area contributed by atoms with E-state index in [-0.39, 0.29) is 34.3 Å². The number of carbonyl (C=O) groups excluding carboxylic acids is 10. The number of carbonyl (C=O) groups is 10. The zero-order valence-electron chi connectivity index (χ0n) is 38.0. The van der Waals surface area contributed by atoms with E-state index in [1.165, 1.54) is 40.6 Å². The van der Waals surface area contributed by atoms with Gasteiger partial charge in [0.2, 0.25) is 33.9 Å². The zero-order valence-corrected chi connectivity index (χ0v) is 41.3. The van der Waals surface area contributed by atoms with Crippen LogP contribution in [0.1, 0.15) is 21.0 Å². The van der Waals surface area contributed by atoms with Crippen LogP contribution in [0.2, 0.25) is 0 Å². The number of amides is 8. The molecule has 0 aliphatic carbocycles. The van der Waals surface area contributed by atoms with Gasteiger partial charge in [-0.25, -0.2) is 9.97 Å². The molecular formula is C44H46N12O10S4. The van der Waals surface area contributed by atoms with Gasteiger partial charge < -0.3 is 40.9 Å². The van der Waals surface area contributed by atoms with E-state index in [4.69, 9.17) is 0 Å². The quantitative estimate of drug-likeness (QED) is 0.157. The number of aromatic nitrogens is 4. The molecule has 6 rings (SSSR count). The van der Waals surface area contributed by atoms with Gasteiger partial charge in [0.15, 0.2) is 0 Å². The molecule has 0 unspecified atom stereocenters. The van der Waals surface area contributed by atoms with E-state index >= 15 is 0 Å². The maximum atomic E-state index is 14.3. The Balaban J connectivity index is 1.30. The lowest BCUT2D eigenvalue weighted by Crippen LogP contribution is -2.55. The third-order valence-corrected chi connectivity index (χ3v) is 15.3. The standard InChI is InChI=1S/C44H46N12O10S4/c1-23-43(65)67-19-31(51-39(61)29-15-45-25-11-7-9-13-27(25)49-29)37(59)47-18-36(58)56(6)34-22-70-69-21-33(41(63)53(23)3)55(5)35(57)17-48-38(60)32(20-68-44(66)24(2)54(4)42(34)64)52-40(62)30-16-46-26-12-8-10-14-28(26)50-30/h7-16,31-34H,1-2,17-22H2,3-6H3,(H,47,59)(H,48,60)(H,51,61)(H,52,62)/t31-,32-,33+,34+/m1/s1. The van der Waals surface area contributed by atoms with Crippen LogP contribution < -0.4 is 21.3 Å². The predicted octanol–water partition coefficient (Wildman–Crippen LogP) is 0.229. The van der Waals surface area contributed by atoms with Gasteiger partial charge in [-0.2, -0.15) is 0 Å². The van der Waals surface area contributed by atoms with E-state index in [2.05, 4.69) is 54.4 Å². The minimum Gasteiger partial charge on any atom is -0.345 e. The molecule has 366 valence electrons. The molecule has 2 aromatic heterocycles. The Labute approximate surface area is 416 Å². The van der Waals surface area contributed by atoms with Crippen molar-refractivity contribution < 1.29 is 47.9 Å². The number of nitrogens with one attached hydrogen (secondary N) is 4. The van der Waals surface area contributed by atoms with Crippen LogP contribution in [0, 0.1) is 0 Å². The van der Waals surface area contributed by atoms with Crippen molar-refractivity contribution in [1.29, 1.82) is 0 Å². The molecule has 2 saturated heterocycles. The smallest absolute Gasteiger partial charge is 0.272 e. The first kappa shape index (κ1) is 52.5. The number of hydrogen-bond donors (Lipinski definition) is 4. The molecule has 2 aliphatic heterocycles. The van der Waals surface area contributed by atoms with Gasteiger partial charge in [-0.1, -0.05) is 82.5 Å². The molecule has 22 nitrogen and oxygen atoms in total. The minimum absolute atomic E-state index is 0.151. The van der Waals surface area contributed by atoms with Crippen LogP contribution in [-0.4, -0.2) is 185 Å². The molecule has 2 bridgehead atoms. The Morgan fingerprint density at radius 3 is 1.30 bits per heavy atom. The average Bonchev–Trinajstić information content (AvgIpc) is 3.37. The van der Waals surface area contributed by atoms with Gasteiger partial charge in [0.1, 0.15) is 35.6 Å². The van der Waals surface area contributed by atoms with Crippen LogP contribution in [0.5, 0.6) is 0 Å². The summed E-state index contributed by atoms with van der Waals surface area (Å²) in [7, 11) is 7.23. The summed E-state index contributed by atoms with van der Waals surface area (Å²) in [6.07, 6.45) is 2.42. The fourth-order valence-electron chi connectivity index (χ4n) is 6.53. The Morgan fingerprint density at radius 1 is 0.571 bits per heavy atom. The number of rotatable bonds is 4. The van der Waals surface area contributed by atoms with Crippen LogP contribution in [0.25, 0.3) is 22.1 Å². The number of likely N-dealkylation sites (N-methyl/N-ethyl adjacent to an activating group) is 4. The highest BCUT2D eigenvalue weighted by Crippen LogP contribution is 2.28. The van der Waals surface area contributed by atoms with E-state index in [1.807, 2.05) is 0 Å². The number of benzene rings is 2. The van der Waals surface area contributed by atoms with Crippen molar-refractivity contribution in [3.05, 3.63) is 96.9 Å². The number of fused-ring (bicyclic) bond motifs is 7. The third kappa shape index (κ3) is 12.6. The highest BCUT2D eigenvalue weighted by molar-refractivity contribution is 8.76. The van der Waals surface area contributed by atoms with E-state index < -0.39 is 106 Å². The van der Waals surface area contributed by atoms with Crippen molar-refractivity contribution in [3.63, 3.8) is 0 Å². The Hall–Kier alpha value is -6.90. The summed E-state index contributed by atoms with van der Waals surface area (Å²) in [6, 6.07) is 7.93. The summed E-state index contributed by atoms with van der Waals surface area (Å²) in [4.78, 5) is 159. The SMILES string of the molecule is C=C1C(=O)SC[C@@H](NC(=O)c2cnc3ccccc3n2)C(=O)NCC(=O)N(C)[C@H]2CSSC[C@@H](C(=O)N1C)N(C)C(=O)CNC(=O)[C@H](NC(=O)c1cnc3ccccc3n1)CSC(=O)C(=C)N(C)C2=O. The number of hydrogen-bond acceptors (Lipinski definition) is 18. The summed E-state index contributed by atoms with van der Waals surface area (Å²) in [5.74, 6) is -7.71. The van der Waals surface area contributed by atoms with Gasteiger partial charge in [0.05, 0.1) is 58.9 Å². The van der Waals surface area contributed by atoms with Gasteiger partial charge in [0, 0.05) is 51.2 Å². The fraction of sp³-hybridized carbons (Fsp3) is 0.318. The van der Waals surface area contributed by atoms with Crippen molar-refractivity contribution in [2.45, 2.75) is 24.2 Å². The molecule has 70 heavy (non-hydrogen) atoms. The van der Waals surface area contributed by atoms with Crippen LogP contribution in [0.15, 0.2) is 85.5 Å². The molecule has 2 fully saturated rings. The van der Waals surface area contributed by atoms with Gasteiger partial charge in [0.25, 0.3) is 23.6 Å². The van der Waals surface area contributed by atoms with E-state index in [0.717, 1.165) is 41.2 Å². The minimum atomic E-state index is -1.48. The van der Waals surface area contributed by atoms with Crippen LogP contribution in [0.3, 0.4) is 0 Å². The number of para-hydroxylation sites is 4. The highest BCUT2D eigenvalue weighted by Gasteiger charge is 2.37. The summed E-state index contributed by atoms with van der Waals surface area (Å²) in [5.41, 5.74) is 0.807. The molecule has 26 heteroatoms. The van der Waals surface area contributed by atoms with E-state index in [1.54, 1.807) is 48.5 Å². The maximum Gasteiger partial charge on any atom is 0.272 e. The van der Waals surface area contributed by atoms with Crippen molar-refractivity contribution in [1.82, 2.24) is 60.8 Å². The van der Waals surface area contributed by atoms with Crippen LogP contribution in [0.4, 0.5) is 0 Å². The molecular weight excluding hydrogens is 985 g/mol. The van der Waals surface area contributed by atoms with Crippen molar-refractivity contribution >= 4 is 125 Å². The molecule has 2 aliphatic rings. The van der Waals surface area contributed by atoms with Crippen molar-refractivity contribution in [2.24, 2.45) is 0 Å². The monoisotopic (exact) mass is 1030 g/mol. The number of thioether (sulfide) groups is 2. The Kier molecular flexibility index (Phi) is 17.7. The summed E-state index contributed by atoms with van der Waals surface area (Å²) < 4.78 is 0. The molecule has 0 radical (unpaired) electrons. The van der Waals surface area contributed by atoms with Crippen molar-refractivity contribution in [2.75, 3.05) is 64.3 Å². The van der Waals surface area contributed by atoms with Gasteiger partial charge in [-0.05, 0) is 24.3 Å². The summed E-state index contributed by atoms with van der Waals surface area (Å²) in [5, 5.41) is 8.44. The first-order chi connectivity index (χ1) is 33.4. The highest BCUT2D eigenvalue weighted by atomic mass is 33.1. The van der Waals surface area contributed by atoms with Gasteiger partial charge >= 0.3 is 0 Å². The van der Waals surface area contributed by atoms with Gasteiger partial charge in [-0.15, -0.1) is 0 Å². The second-order valence-corrected chi connectivity index (χ2v) is 20.0. The van der Waals surface area contributed by atoms with Crippen LogP contribution in [-0.2, 0) is 38.4 Å². The first-order valence-electron chi connectivity index (χ1n) is 21.0. The zero-order chi connectivity index (χ0) is 50.8. The second-order valence-electron chi connectivity index (χ2n) is 15.5. The van der Waals surface area contributed by atoms with Gasteiger partial charge in [-0.3, -0.25) is 57.9 Å². The van der Waals surface area contributed by atoms with Crippen molar-refractivity contribution in [3.8, 4) is 0 Å². The first-order valence-corrected chi connectivity index (χ1v) is 25.5. The average molecular weight is 1030 g/mol. The molecule has 4 heterocycles. The topological polar surface area (TPSA) is 283 Å². The molecule has 0 saturated carbocycles. The van der Waals surface area contributed by atoms with Crippen LogP contribution >= 0.6 is 45.1 Å². The maximum absolute atomic E-state index is 14.3. The summed E-state index contributed by atoms with van der Waals surface area (Å²) in [6.45, 7) is 6.24. The Morgan fingerprint density at radius 2 is 0.929 bits per heavy atom. The summed E-state index contributed by atoms with van der Waals surface area (Å²) >= 11 is 1.07. The largest absolute Gasteiger partial charge is 0.345 e. The lowest BCUT2D eigenvalue weighted by molar-refractivity contribution is -0.142. The molecule has 4 aromatic rings. The molecule has 4 atom stereocenters. The second kappa shape index (κ2) is 23.6. The fourth-order valence-corrected chi connectivity index (χ4v) is 10.8. The molecule has 2 aromatic carbocycles. The lowest BCUT2D eigenvalue weighted by Gasteiger charge is -2.33. The predicted molar refractivity (Wildman–Crippen MR) is 264 cm³/mol. The van der Waals surface area contributed by atoms with E-state index in [9.17, 15) is 47.9 Å². The molecule has 0 spiro atoms. The van der Waals surface area contributed by atoms with E-state index in [0.29, 0.717) is 45.6 Å². The Bertz CT molecular complexity index is 2630. The molecule has 4 N–H and O–H groups in total.